The van der Waals surface area contributed by atoms with Crippen molar-refractivity contribution in [3.05, 3.63) is 11.8 Å². The van der Waals surface area contributed by atoms with Gasteiger partial charge in [0.2, 0.25) is 5.95 Å². The maximum atomic E-state index is 5.22. The molecule has 78 valence electrons. The van der Waals surface area contributed by atoms with Crippen molar-refractivity contribution in [3.63, 3.8) is 0 Å². The van der Waals surface area contributed by atoms with E-state index in [9.17, 15) is 0 Å². The second-order valence-corrected chi connectivity index (χ2v) is 3.64. The number of nitrogens with two attached hydrogens (primary N) is 1. The van der Waals surface area contributed by atoms with Crippen molar-refractivity contribution in [1.29, 1.82) is 0 Å². The second kappa shape index (κ2) is 4.76. The Labute approximate surface area is 84.1 Å². The monoisotopic (exact) mass is 195 g/mol. The summed E-state index contributed by atoms with van der Waals surface area (Å²) >= 11 is 0. The first-order valence-corrected chi connectivity index (χ1v) is 4.67. The van der Waals surface area contributed by atoms with Crippen LogP contribution in [0.15, 0.2) is 6.20 Å². The van der Waals surface area contributed by atoms with Crippen LogP contribution >= 0.6 is 0 Å². The van der Waals surface area contributed by atoms with E-state index in [0.29, 0.717) is 11.9 Å². The third-order valence-electron chi connectivity index (χ3n) is 1.78. The van der Waals surface area contributed by atoms with Crippen molar-refractivity contribution in [1.82, 2.24) is 9.97 Å². The highest BCUT2D eigenvalue weighted by atomic mass is 15.3. The Hall–Kier alpha value is -1.36. The normalized spacial score (nSPS) is 10.4. The largest absolute Gasteiger partial charge is 0.369 e. The number of hydrazine groups is 1. The van der Waals surface area contributed by atoms with Gasteiger partial charge < -0.3 is 5.32 Å². The van der Waals surface area contributed by atoms with E-state index in [0.717, 1.165) is 17.9 Å². The first-order valence-electron chi connectivity index (χ1n) is 4.67. The highest BCUT2D eigenvalue weighted by Gasteiger charge is 2.02. The minimum absolute atomic E-state index is 0.432. The molecule has 1 rings (SSSR count). The molecule has 0 aromatic carbocycles. The zero-order chi connectivity index (χ0) is 10.6. The zero-order valence-corrected chi connectivity index (χ0v) is 8.83. The SMILES string of the molecule is Cc1cnc(NN)nc1NCC(C)C. The molecule has 4 N–H and O–H groups in total. The molecule has 0 radical (unpaired) electrons. The molecule has 1 aromatic rings. The van der Waals surface area contributed by atoms with Gasteiger partial charge in [-0.2, -0.15) is 4.98 Å². The summed E-state index contributed by atoms with van der Waals surface area (Å²) in [5.74, 6) is 7.07. The molecule has 1 aromatic heterocycles. The van der Waals surface area contributed by atoms with Gasteiger partial charge in [-0.3, -0.25) is 5.43 Å². The minimum Gasteiger partial charge on any atom is -0.369 e. The molecule has 0 saturated carbocycles. The highest BCUT2D eigenvalue weighted by Crippen LogP contribution is 2.12. The fourth-order valence-corrected chi connectivity index (χ4v) is 0.991. The smallest absolute Gasteiger partial charge is 0.239 e. The van der Waals surface area contributed by atoms with E-state index in [1.54, 1.807) is 6.20 Å². The van der Waals surface area contributed by atoms with Crippen LogP contribution in [0, 0.1) is 12.8 Å². The molecular weight excluding hydrogens is 178 g/mol. The quantitative estimate of drug-likeness (QED) is 0.496. The van der Waals surface area contributed by atoms with Crippen molar-refractivity contribution in [2.75, 3.05) is 17.3 Å². The summed E-state index contributed by atoms with van der Waals surface area (Å²) in [6, 6.07) is 0. The molecule has 0 bridgehead atoms. The van der Waals surface area contributed by atoms with Crippen molar-refractivity contribution >= 4 is 11.8 Å². The first kappa shape index (κ1) is 10.7. The summed E-state index contributed by atoms with van der Waals surface area (Å²) in [6.07, 6.45) is 1.74. The summed E-state index contributed by atoms with van der Waals surface area (Å²) < 4.78 is 0. The van der Waals surface area contributed by atoms with Crippen LogP contribution < -0.4 is 16.6 Å². The molecule has 0 spiro atoms. The third kappa shape index (κ3) is 2.85. The fraction of sp³-hybridized carbons (Fsp3) is 0.556. The van der Waals surface area contributed by atoms with Crippen LogP contribution in [0.2, 0.25) is 0 Å². The van der Waals surface area contributed by atoms with Crippen molar-refractivity contribution in [3.8, 4) is 0 Å². The molecule has 0 aliphatic rings. The first-order chi connectivity index (χ1) is 6.63. The molecule has 0 saturated heterocycles. The Kier molecular flexibility index (Phi) is 3.64. The van der Waals surface area contributed by atoms with Gasteiger partial charge in [-0.1, -0.05) is 13.8 Å². The lowest BCUT2D eigenvalue weighted by Gasteiger charge is -2.10. The topological polar surface area (TPSA) is 75.9 Å². The van der Waals surface area contributed by atoms with Crippen LogP contribution in [-0.4, -0.2) is 16.5 Å². The Morgan fingerprint density at radius 3 is 2.79 bits per heavy atom. The summed E-state index contributed by atoms with van der Waals surface area (Å²) in [4.78, 5) is 8.20. The van der Waals surface area contributed by atoms with Gasteiger partial charge in [0.25, 0.3) is 0 Å². The van der Waals surface area contributed by atoms with E-state index in [1.807, 2.05) is 6.92 Å². The van der Waals surface area contributed by atoms with Crippen LogP contribution in [-0.2, 0) is 0 Å². The molecular formula is C9H17N5. The molecule has 0 atom stereocenters. The summed E-state index contributed by atoms with van der Waals surface area (Å²) in [5, 5.41) is 3.24. The van der Waals surface area contributed by atoms with Gasteiger partial charge in [-0.15, -0.1) is 0 Å². The molecule has 0 fully saturated rings. The van der Waals surface area contributed by atoms with Gasteiger partial charge in [-0.25, -0.2) is 10.8 Å². The summed E-state index contributed by atoms with van der Waals surface area (Å²) in [6.45, 7) is 7.14. The van der Waals surface area contributed by atoms with Crippen molar-refractivity contribution < 1.29 is 0 Å². The number of aryl methyl sites for hydroxylation is 1. The summed E-state index contributed by atoms with van der Waals surface area (Å²) in [7, 11) is 0. The molecule has 0 aliphatic carbocycles. The predicted octanol–water partition coefficient (Wildman–Crippen LogP) is 1.14. The van der Waals surface area contributed by atoms with Gasteiger partial charge in [0.05, 0.1) is 0 Å². The Bertz CT molecular complexity index is 297. The van der Waals surface area contributed by atoms with Crippen molar-refractivity contribution in [2.24, 2.45) is 11.8 Å². The van der Waals surface area contributed by atoms with E-state index < -0.39 is 0 Å². The van der Waals surface area contributed by atoms with Crippen LogP contribution in [0.5, 0.6) is 0 Å². The molecule has 0 amide bonds. The summed E-state index contributed by atoms with van der Waals surface area (Å²) in [5.41, 5.74) is 3.44. The average molecular weight is 195 g/mol. The lowest BCUT2D eigenvalue weighted by Crippen LogP contribution is -2.14. The number of aromatic nitrogens is 2. The standard InChI is InChI=1S/C9H17N5/c1-6(2)4-11-8-7(3)5-12-9(13-8)14-10/h5-6H,4,10H2,1-3H3,(H2,11,12,13,14). The third-order valence-corrected chi connectivity index (χ3v) is 1.78. The van der Waals surface area contributed by atoms with Gasteiger partial charge in [0.1, 0.15) is 5.82 Å². The predicted molar refractivity (Wildman–Crippen MR) is 57.9 cm³/mol. The lowest BCUT2D eigenvalue weighted by molar-refractivity contribution is 0.686. The molecule has 1 heterocycles. The number of anilines is 2. The highest BCUT2D eigenvalue weighted by molar-refractivity contribution is 5.45. The Morgan fingerprint density at radius 1 is 1.50 bits per heavy atom. The van der Waals surface area contributed by atoms with Gasteiger partial charge >= 0.3 is 0 Å². The maximum absolute atomic E-state index is 5.22. The molecule has 5 nitrogen and oxygen atoms in total. The number of nitrogens with zero attached hydrogens (tertiary/aromatic N) is 2. The average Bonchev–Trinajstić information content (AvgIpc) is 2.16. The maximum Gasteiger partial charge on any atom is 0.239 e. The van der Waals surface area contributed by atoms with Crippen LogP contribution in [0.1, 0.15) is 19.4 Å². The number of rotatable bonds is 4. The van der Waals surface area contributed by atoms with E-state index in [4.69, 9.17) is 5.84 Å². The molecule has 0 aliphatic heterocycles. The molecule has 5 heteroatoms. The number of nitrogens with one attached hydrogen (secondary N) is 2. The number of hydrogen-bond acceptors (Lipinski definition) is 5. The van der Waals surface area contributed by atoms with E-state index in [1.165, 1.54) is 0 Å². The minimum atomic E-state index is 0.432. The number of nitrogen functional groups attached to an aromatic ring is 1. The van der Waals surface area contributed by atoms with Crippen LogP contribution in [0.3, 0.4) is 0 Å². The molecule has 0 unspecified atom stereocenters. The van der Waals surface area contributed by atoms with Gasteiger partial charge in [0, 0.05) is 18.3 Å². The van der Waals surface area contributed by atoms with E-state index in [2.05, 4.69) is 34.6 Å². The Balaban J connectivity index is 2.73. The number of hydrogen-bond donors (Lipinski definition) is 3. The van der Waals surface area contributed by atoms with Gasteiger partial charge in [-0.05, 0) is 12.8 Å². The Morgan fingerprint density at radius 2 is 2.21 bits per heavy atom. The zero-order valence-electron chi connectivity index (χ0n) is 8.83. The fourth-order valence-electron chi connectivity index (χ4n) is 0.991. The van der Waals surface area contributed by atoms with E-state index in [-0.39, 0.29) is 0 Å². The van der Waals surface area contributed by atoms with Crippen LogP contribution in [0.4, 0.5) is 11.8 Å². The van der Waals surface area contributed by atoms with E-state index >= 15 is 0 Å². The molecule has 14 heavy (non-hydrogen) atoms. The lowest BCUT2D eigenvalue weighted by atomic mass is 10.2. The van der Waals surface area contributed by atoms with Crippen molar-refractivity contribution in [2.45, 2.75) is 20.8 Å². The van der Waals surface area contributed by atoms with Crippen LogP contribution in [0.25, 0.3) is 0 Å². The van der Waals surface area contributed by atoms with Gasteiger partial charge in [0.15, 0.2) is 0 Å². The second-order valence-electron chi connectivity index (χ2n) is 3.64.